The van der Waals surface area contributed by atoms with E-state index in [-0.39, 0.29) is 0 Å². The number of rotatable bonds is 8. The van der Waals surface area contributed by atoms with Crippen LogP contribution >= 0.6 is 7.49 Å². The molecule has 7 rings (SSSR count). The highest BCUT2D eigenvalue weighted by atomic mass is 31.2. The van der Waals surface area contributed by atoms with Crippen LogP contribution in [0, 0.1) is 13.8 Å². The van der Waals surface area contributed by atoms with E-state index in [1.165, 1.54) is 10.6 Å². The summed E-state index contributed by atoms with van der Waals surface area (Å²) in [6.07, 6.45) is 5.76. The maximum Gasteiger partial charge on any atom is 0.301 e. The molecule has 0 unspecified atom stereocenters. The average molecular weight is 584 g/mol. The maximum atomic E-state index is 7.14. The summed E-state index contributed by atoms with van der Waals surface area (Å²) in [7, 11) is -2.23. The highest BCUT2D eigenvalue weighted by Gasteiger charge is 2.42. The van der Waals surface area contributed by atoms with Crippen LogP contribution in [0.15, 0.2) is 149 Å². The third-order valence-electron chi connectivity index (χ3n) is 8.00. The van der Waals surface area contributed by atoms with Gasteiger partial charge in [0.2, 0.25) is 5.88 Å². The molecule has 7 aromatic rings. The molecule has 6 heteroatoms. The van der Waals surface area contributed by atoms with Crippen molar-refractivity contribution >= 4 is 46.5 Å². The van der Waals surface area contributed by atoms with Crippen LogP contribution in [0.25, 0.3) is 16.9 Å². The van der Waals surface area contributed by atoms with Crippen molar-refractivity contribution in [1.29, 1.82) is 0 Å². The Morgan fingerprint density at radius 2 is 1.28 bits per heavy atom. The number of anilines is 3. The number of aryl methyl sites for hydroxylation is 1. The molecule has 212 valence electrons. The monoisotopic (exact) mass is 583 g/mol. The number of nitrogens with zero attached hydrogens (tertiary/aromatic N) is 2. The summed E-state index contributed by atoms with van der Waals surface area (Å²) in [4.78, 5) is 2.16. The van der Waals surface area contributed by atoms with Gasteiger partial charge in [-0.1, -0.05) is 60.7 Å². The summed E-state index contributed by atoms with van der Waals surface area (Å²) in [5, 5.41) is 3.32. The normalized spacial score (nSPS) is 11.6. The molecular formula is C37H32N2O3P+. The van der Waals surface area contributed by atoms with Crippen LogP contribution in [-0.4, -0.2) is 11.2 Å². The number of hydrogen-bond donors (Lipinski definition) is 0. The van der Waals surface area contributed by atoms with Crippen molar-refractivity contribution in [1.82, 2.24) is 4.57 Å². The summed E-state index contributed by atoms with van der Waals surface area (Å²) in [6, 6.07) is 41.6. The molecule has 0 spiro atoms. The first-order chi connectivity index (χ1) is 21.0. The second-order valence-electron chi connectivity index (χ2n) is 10.7. The third-order valence-corrected chi connectivity index (χ3v) is 11.1. The molecule has 0 saturated heterocycles. The first-order valence-corrected chi connectivity index (χ1v) is 16.5. The van der Waals surface area contributed by atoms with Gasteiger partial charge in [-0.2, -0.15) is 0 Å². The van der Waals surface area contributed by atoms with E-state index in [2.05, 4.69) is 104 Å². The number of aromatic nitrogens is 1. The Morgan fingerprint density at radius 1 is 0.674 bits per heavy atom. The summed E-state index contributed by atoms with van der Waals surface area (Å²) in [5.74, 6) is 2.04. The van der Waals surface area contributed by atoms with E-state index in [0.717, 1.165) is 39.3 Å². The van der Waals surface area contributed by atoms with Crippen LogP contribution < -0.4 is 20.0 Å². The topological polar surface area (TPSA) is 43.7 Å². The Kier molecular flexibility index (Phi) is 6.89. The molecule has 0 radical (unpaired) electrons. The lowest BCUT2D eigenvalue weighted by Crippen LogP contribution is -2.26. The molecule has 0 fully saturated rings. The van der Waals surface area contributed by atoms with E-state index in [1.807, 2.05) is 59.4 Å². The fourth-order valence-electron chi connectivity index (χ4n) is 5.68. The van der Waals surface area contributed by atoms with Gasteiger partial charge >= 0.3 is 5.78 Å². The van der Waals surface area contributed by atoms with Crippen LogP contribution in [0.5, 0.6) is 5.75 Å². The molecule has 0 aliphatic heterocycles. The van der Waals surface area contributed by atoms with Crippen molar-refractivity contribution < 1.29 is 13.4 Å². The first kappa shape index (κ1) is 26.9. The van der Waals surface area contributed by atoms with Gasteiger partial charge in [-0.05, 0) is 74.5 Å². The minimum atomic E-state index is -2.23. The number of fused-ring (bicyclic) bond motifs is 1. The van der Waals surface area contributed by atoms with Crippen molar-refractivity contribution in [3.05, 3.63) is 151 Å². The second-order valence-corrected chi connectivity index (χ2v) is 13.7. The Labute approximate surface area is 252 Å². The minimum Gasteiger partial charge on any atom is -0.431 e. The predicted octanol–water partition coefficient (Wildman–Crippen LogP) is 9.50. The minimum absolute atomic E-state index is 0.494. The van der Waals surface area contributed by atoms with Gasteiger partial charge in [0, 0.05) is 29.2 Å². The van der Waals surface area contributed by atoms with Crippen molar-refractivity contribution in [3.8, 4) is 11.4 Å². The van der Waals surface area contributed by atoms with E-state index in [4.69, 9.17) is 13.4 Å². The zero-order valence-corrected chi connectivity index (χ0v) is 25.2. The Hall–Kier alpha value is -4.99. The smallest absolute Gasteiger partial charge is 0.301 e. The molecule has 0 saturated carbocycles. The summed E-state index contributed by atoms with van der Waals surface area (Å²) in [6.45, 7) is 6.45. The zero-order valence-electron chi connectivity index (χ0n) is 24.3. The predicted molar refractivity (Wildman–Crippen MR) is 178 cm³/mol. The van der Waals surface area contributed by atoms with E-state index < -0.39 is 7.49 Å². The van der Waals surface area contributed by atoms with E-state index >= 15 is 0 Å². The molecule has 0 aliphatic rings. The van der Waals surface area contributed by atoms with Crippen LogP contribution in [0.1, 0.15) is 11.1 Å². The van der Waals surface area contributed by atoms with Gasteiger partial charge in [0.1, 0.15) is 16.9 Å². The van der Waals surface area contributed by atoms with Gasteiger partial charge in [-0.3, -0.25) is 4.90 Å². The zero-order chi connectivity index (χ0) is 29.4. The highest BCUT2D eigenvalue weighted by Crippen LogP contribution is 2.55. The second kappa shape index (κ2) is 11.0. The molecule has 3 heterocycles. The van der Waals surface area contributed by atoms with E-state index in [9.17, 15) is 0 Å². The molecule has 43 heavy (non-hydrogen) atoms. The van der Waals surface area contributed by atoms with Crippen molar-refractivity contribution in [2.45, 2.75) is 13.8 Å². The summed E-state index contributed by atoms with van der Waals surface area (Å²) in [5.41, 5.74) is 4.91. The number of benzene rings is 4. The van der Waals surface area contributed by atoms with Crippen LogP contribution in [-0.2, 0) is 0 Å². The van der Waals surface area contributed by atoms with Crippen molar-refractivity contribution in [2.24, 2.45) is 0 Å². The van der Waals surface area contributed by atoms with Gasteiger partial charge in [0.25, 0.3) is 7.49 Å². The van der Waals surface area contributed by atoms with Gasteiger partial charge < -0.3 is 17.9 Å². The largest absolute Gasteiger partial charge is 0.431 e. The van der Waals surface area contributed by atoms with Gasteiger partial charge in [0.05, 0.1) is 23.4 Å². The lowest BCUT2D eigenvalue weighted by atomic mass is 10.1. The molecular weight excluding hydrogens is 551 g/mol. The molecule has 4 aromatic carbocycles. The molecule has 0 aliphatic carbocycles. The lowest BCUT2D eigenvalue weighted by molar-refractivity contribution is 0.481. The van der Waals surface area contributed by atoms with E-state index in [0.29, 0.717) is 11.7 Å². The fraction of sp³-hybridized carbons (Fsp3) is 0.0811. The lowest BCUT2D eigenvalue weighted by Gasteiger charge is -2.27. The molecule has 0 amide bonds. The van der Waals surface area contributed by atoms with Gasteiger partial charge in [-0.15, -0.1) is 0 Å². The average Bonchev–Trinajstić information content (AvgIpc) is 3.80. The van der Waals surface area contributed by atoms with Gasteiger partial charge in [-0.25, -0.2) is 0 Å². The highest BCUT2D eigenvalue weighted by molar-refractivity contribution is 7.85. The molecule has 0 bridgehead atoms. The molecule has 3 aromatic heterocycles. The SMILES string of the molecule is Cc1c(O[P+](C)(c2ccccc2)c2ccccc2)cccc1N(c1ccccc1)c1oc2occ(-n3cccc3)c2c1C. The van der Waals surface area contributed by atoms with Crippen LogP contribution in [0.4, 0.5) is 17.3 Å². The van der Waals surface area contributed by atoms with Crippen LogP contribution in [0.2, 0.25) is 0 Å². The number of para-hydroxylation sites is 1. The maximum absolute atomic E-state index is 7.14. The Balaban J connectivity index is 1.38. The van der Waals surface area contributed by atoms with Crippen molar-refractivity contribution in [2.75, 3.05) is 11.6 Å². The quantitative estimate of drug-likeness (QED) is 0.167. The van der Waals surface area contributed by atoms with Crippen molar-refractivity contribution in [3.63, 3.8) is 0 Å². The molecule has 0 N–H and O–H groups in total. The first-order valence-electron chi connectivity index (χ1n) is 14.3. The van der Waals surface area contributed by atoms with E-state index in [1.54, 1.807) is 6.26 Å². The summed E-state index contributed by atoms with van der Waals surface area (Å²) < 4.78 is 21.6. The number of furan rings is 2. The molecule has 5 nitrogen and oxygen atoms in total. The van der Waals surface area contributed by atoms with Crippen LogP contribution in [0.3, 0.4) is 0 Å². The fourth-order valence-corrected chi connectivity index (χ4v) is 8.27. The third kappa shape index (κ3) is 4.72. The Morgan fingerprint density at radius 3 is 1.91 bits per heavy atom. The standard InChI is InChI=1S/C37H32N2O3P/c1-27-32(22-15-23-34(27)42-43(3,30-18-9-5-10-19-30)31-20-11-6-12-21-31)39(29-16-7-4-8-17-29)36-28(2)35-33(26-40-37(35)41-36)38-24-13-14-25-38/h4-26H,1-3H3/q+1. The number of hydrogen-bond acceptors (Lipinski definition) is 4. The molecule has 0 atom stereocenters. The Bertz CT molecular complexity index is 1940. The van der Waals surface area contributed by atoms with Gasteiger partial charge in [0.15, 0.2) is 5.75 Å². The summed E-state index contributed by atoms with van der Waals surface area (Å²) >= 11 is 0.